The van der Waals surface area contributed by atoms with Crippen LogP contribution in [0.4, 0.5) is 4.79 Å². The number of nitrogens with one attached hydrogen (secondary N) is 1. The van der Waals surface area contributed by atoms with Crippen LogP contribution >= 0.6 is 0 Å². The quantitative estimate of drug-likeness (QED) is 0.531. The van der Waals surface area contributed by atoms with E-state index in [9.17, 15) is 9.59 Å². The lowest BCUT2D eigenvalue weighted by atomic mass is 10.2. The summed E-state index contributed by atoms with van der Waals surface area (Å²) in [5, 5.41) is 11.4. The Morgan fingerprint density at radius 2 is 1.90 bits per heavy atom. The lowest BCUT2D eigenvalue weighted by Gasteiger charge is -2.26. The Hall–Kier alpha value is -1.34. The molecule has 0 radical (unpaired) electrons. The number of carbonyl (C=O) groups is 2. The molecular formula is C14H28N2O5. The number of rotatable bonds is 12. The van der Waals surface area contributed by atoms with E-state index in [1.54, 1.807) is 12.0 Å². The van der Waals surface area contributed by atoms with Gasteiger partial charge in [0.2, 0.25) is 0 Å². The number of amides is 2. The van der Waals surface area contributed by atoms with Crippen LogP contribution in [0.3, 0.4) is 0 Å². The smallest absolute Gasteiger partial charge is 0.317 e. The second-order valence-corrected chi connectivity index (χ2v) is 4.98. The monoisotopic (exact) mass is 304 g/mol. The van der Waals surface area contributed by atoms with Crippen LogP contribution in [-0.4, -0.2) is 68.1 Å². The zero-order chi connectivity index (χ0) is 16.1. The van der Waals surface area contributed by atoms with Gasteiger partial charge < -0.3 is 24.8 Å². The van der Waals surface area contributed by atoms with Gasteiger partial charge in [-0.05, 0) is 26.7 Å². The van der Waals surface area contributed by atoms with Crippen molar-refractivity contribution in [1.29, 1.82) is 0 Å². The average molecular weight is 304 g/mol. The summed E-state index contributed by atoms with van der Waals surface area (Å²) in [6, 6.07) is -0.121. The Morgan fingerprint density at radius 3 is 2.48 bits per heavy atom. The summed E-state index contributed by atoms with van der Waals surface area (Å²) < 4.78 is 10.2. The number of ether oxygens (including phenoxy) is 2. The fourth-order valence-corrected chi connectivity index (χ4v) is 1.71. The van der Waals surface area contributed by atoms with Crippen LogP contribution < -0.4 is 5.32 Å². The highest BCUT2D eigenvalue weighted by Gasteiger charge is 2.16. The molecule has 0 aliphatic carbocycles. The second kappa shape index (κ2) is 12.4. The molecule has 0 saturated carbocycles. The number of methoxy groups -OCH3 is 1. The zero-order valence-electron chi connectivity index (χ0n) is 13.3. The topological polar surface area (TPSA) is 88.1 Å². The molecule has 0 fully saturated rings. The van der Waals surface area contributed by atoms with Crippen LogP contribution in [0, 0.1) is 0 Å². The summed E-state index contributed by atoms with van der Waals surface area (Å²) in [6.07, 6.45) is 1.27. The number of hydrogen-bond donors (Lipinski definition) is 2. The molecule has 2 amide bonds. The third-order valence-corrected chi connectivity index (χ3v) is 2.85. The highest BCUT2D eigenvalue weighted by molar-refractivity contribution is 5.74. The van der Waals surface area contributed by atoms with Gasteiger partial charge in [-0.25, -0.2) is 4.79 Å². The molecule has 0 spiro atoms. The van der Waals surface area contributed by atoms with Gasteiger partial charge in [0.1, 0.15) is 0 Å². The summed E-state index contributed by atoms with van der Waals surface area (Å²) in [7, 11) is 1.62. The molecule has 7 nitrogen and oxygen atoms in total. The van der Waals surface area contributed by atoms with Crippen LogP contribution in [0.15, 0.2) is 0 Å². The van der Waals surface area contributed by atoms with Crippen molar-refractivity contribution in [2.45, 2.75) is 39.2 Å². The predicted octanol–water partition coefficient (Wildman–Crippen LogP) is 1.32. The lowest BCUT2D eigenvalue weighted by molar-refractivity contribution is -0.137. The summed E-state index contributed by atoms with van der Waals surface area (Å²) in [4.78, 5) is 24.1. The van der Waals surface area contributed by atoms with E-state index < -0.39 is 5.97 Å². The van der Waals surface area contributed by atoms with Crippen LogP contribution in [0.2, 0.25) is 0 Å². The highest BCUT2D eigenvalue weighted by atomic mass is 16.5. The Labute approximate surface area is 126 Å². The SMILES string of the molecule is COCCOCCCNC(=O)N(CCCC(=O)O)C(C)C. The van der Waals surface area contributed by atoms with E-state index in [1.807, 2.05) is 13.8 Å². The van der Waals surface area contributed by atoms with Crippen molar-refractivity contribution in [2.24, 2.45) is 0 Å². The van der Waals surface area contributed by atoms with E-state index in [-0.39, 0.29) is 18.5 Å². The van der Waals surface area contributed by atoms with Gasteiger partial charge in [-0.2, -0.15) is 0 Å². The number of carboxylic acids is 1. The maximum atomic E-state index is 12.0. The van der Waals surface area contributed by atoms with Crippen molar-refractivity contribution >= 4 is 12.0 Å². The first-order valence-corrected chi connectivity index (χ1v) is 7.32. The van der Waals surface area contributed by atoms with Gasteiger partial charge in [-0.1, -0.05) is 0 Å². The normalized spacial score (nSPS) is 10.7. The minimum atomic E-state index is -0.840. The van der Waals surface area contributed by atoms with E-state index in [0.717, 1.165) is 6.42 Å². The van der Waals surface area contributed by atoms with Crippen LogP contribution in [0.1, 0.15) is 33.1 Å². The molecule has 124 valence electrons. The van der Waals surface area contributed by atoms with Gasteiger partial charge in [0, 0.05) is 39.3 Å². The molecule has 0 heterocycles. The molecule has 21 heavy (non-hydrogen) atoms. The van der Waals surface area contributed by atoms with Crippen molar-refractivity contribution in [1.82, 2.24) is 10.2 Å². The second-order valence-electron chi connectivity index (χ2n) is 4.98. The van der Waals surface area contributed by atoms with E-state index in [4.69, 9.17) is 14.6 Å². The minimum Gasteiger partial charge on any atom is -0.481 e. The summed E-state index contributed by atoms with van der Waals surface area (Å²) >= 11 is 0. The number of urea groups is 1. The van der Waals surface area contributed by atoms with Crippen LogP contribution in [-0.2, 0) is 14.3 Å². The van der Waals surface area contributed by atoms with Gasteiger partial charge in [-0.3, -0.25) is 4.79 Å². The Kier molecular flexibility index (Phi) is 11.6. The molecule has 0 aromatic rings. The third kappa shape index (κ3) is 11.0. The van der Waals surface area contributed by atoms with Crippen molar-refractivity contribution in [3.8, 4) is 0 Å². The first kappa shape index (κ1) is 19.7. The molecule has 0 rings (SSSR count). The maximum Gasteiger partial charge on any atom is 0.317 e. The average Bonchev–Trinajstić information content (AvgIpc) is 2.41. The van der Waals surface area contributed by atoms with Gasteiger partial charge >= 0.3 is 12.0 Å². The fraction of sp³-hybridized carbons (Fsp3) is 0.857. The molecule has 0 aromatic heterocycles. The largest absolute Gasteiger partial charge is 0.481 e. The zero-order valence-corrected chi connectivity index (χ0v) is 13.3. The minimum absolute atomic E-state index is 0.0387. The van der Waals surface area contributed by atoms with Crippen LogP contribution in [0.5, 0.6) is 0 Å². The molecule has 0 unspecified atom stereocenters. The molecule has 2 N–H and O–H groups in total. The molecule has 0 aliphatic rings. The fourth-order valence-electron chi connectivity index (χ4n) is 1.71. The predicted molar refractivity (Wildman–Crippen MR) is 79.4 cm³/mol. The Balaban J connectivity index is 3.83. The molecule has 0 bridgehead atoms. The Morgan fingerprint density at radius 1 is 1.19 bits per heavy atom. The van der Waals surface area contributed by atoms with Crippen molar-refractivity contribution in [2.75, 3.05) is 40.0 Å². The Bertz CT molecular complexity index is 297. The summed E-state index contributed by atoms with van der Waals surface area (Å²) in [6.45, 7) is 6.50. The number of nitrogens with zero attached hydrogens (tertiary/aromatic N) is 1. The van der Waals surface area contributed by atoms with E-state index in [2.05, 4.69) is 5.32 Å². The van der Waals surface area contributed by atoms with Gasteiger partial charge in [0.05, 0.1) is 13.2 Å². The van der Waals surface area contributed by atoms with E-state index >= 15 is 0 Å². The standard InChI is InChI=1S/C14H28N2O5/c1-12(2)16(8-4-6-13(17)18)14(19)15-7-5-9-21-11-10-20-3/h12H,4-11H2,1-3H3,(H,15,19)(H,17,18). The number of hydrogen-bond acceptors (Lipinski definition) is 4. The third-order valence-electron chi connectivity index (χ3n) is 2.85. The lowest BCUT2D eigenvalue weighted by Crippen LogP contribution is -2.45. The molecule has 7 heteroatoms. The first-order chi connectivity index (χ1) is 9.99. The maximum absolute atomic E-state index is 12.0. The number of carbonyl (C=O) groups excluding carboxylic acids is 1. The van der Waals surface area contributed by atoms with E-state index in [1.165, 1.54) is 0 Å². The molecule has 0 atom stereocenters. The van der Waals surface area contributed by atoms with Gasteiger partial charge in [0.15, 0.2) is 0 Å². The van der Waals surface area contributed by atoms with Crippen molar-refractivity contribution in [3.63, 3.8) is 0 Å². The first-order valence-electron chi connectivity index (χ1n) is 7.32. The van der Waals surface area contributed by atoms with Crippen LogP contribution in [0.25, 0.3) is 0 Å². The summed E-state index contributed by atoms with van der Waals surface area (Å²) in [5.41, 5.74) is 0. The number of aliphatic carboxylic acids is 1. The highest BCUT2D eigenvalue weighted by Crippen LogP contribution is 2.02. The number of carboxylic acid groups (broad SMARTS) is 1. The van der Waals surface area contributed by atoms with Crippen molar-refractivity contribution < 1.29 is 24.2 Å². The molecule has 0 aliphatic heterocycles. The molecular weight excluding hydrogens is 276 g/mol. The molecule has 0 aromatic carbocycles. The van der Waals surface area contributed by atoms with Gasteiger partial charge in [-0.15, -0.1) is 0 Å². The molecule has 0 saturated heterocycles. The van der Waals surface area contributed by atoms with Gasteiger partial charge in [0.25, 0.3) is 0 Å². The van der Waals surface area contributed by atoms with E-state index in [0.29, 0.717) is 39.3 Å². The summed E-state index contributed by atoms with van der Waals surface area (Å²) in [5.74, 6) is -0.840. The van der Waals surface area contributed by atoms with Crippen molar-refractivity contribution in [3.05, 3.63) is 0 Å².